The van der Waals surface area contributed by atoms with Crippen LogP contribution in [0.25, 0.3) is 11.5 Å². The number of pyridine rings is 1. The highest BCUT2D eigenvalue weighted by Gasteiger charge is 2.42. The SMILES string of the molecule is Cc1noc(-c2ccc(N3C[C@H]4C[C@@H](n5cccn5)[C@H](O)C[C@H]4C3)nc2)n1. The van der Waals surface area contributed by atoms with Crippen molar-refractivity contribution in [3.05, 3.63) is 42.6 Å². The summed E-state index contributed by atoms with van der Waals surface area (Å²) in [5.74, 6) is 3.10. The number of fused-ring (bicyclic) bond motifs is 1. The lowest BCUT2D eigenvalue weighted by Gasteiger charge is -2.35. The Hall–Kier alpha value is -2.74. The van der Waals surface area contributed by atoms with Gasteiger partial charge in [0.1, 0.15) is 5.82 Å². The molecule has 0 amide bonds. The summed E-state index contributed by atoms with van der Waals surface area (Å²) in [6.45, 7) is 3.69. The minimum atomic E-state index is -0.345. The number of aromatic nitrogens is 5. The van der Waals surface area contributed by atoms with Gasteiger partial charge >= 0.3 is 0 Å². The minimum Gasteiger partial charge on any atom is -0.391 e. The minimum absolute atomic E-state index is 0.0669. The van der Waals surface area contributed by atoms with Crippen LogP contribution in [0.4, 0.5) is 5.82 Å². The Kier molecular flexibility index (Phi) is 3.93. The Morgan fingerprint density at radius 2 is 2.04 bits per heavy atom. The van der Waals surface area contributed by atoms with Crippen LogP contribution in [0.1, 0.15) is 24.7 Å². The molecule has 1 N–H and O–H groups in total. The van der Waals surface area contributed by atoms with E-state index >= 15 is 0 Å². The van der Waals surface area contributed by atoms with Gasteiger partial charge in [-0.05, 0) is 49.8 Å². The molecule has 1 saturated carbocycles. The largest absolute Gasteiger partial charge is 0.391 e. The van der Waals surface area contributed by atoms with E-state index in [1.807, 2.05) is 29.1 Å². The van der Waals surface area contributed by atoms with Gasteiger partial charge in [-0.1, -0.05) is 5.16 Å². The monoisotopic (exact) mass is 366 g/mol. The van der Waals surface area contributed by atoms with E-state index in [1.165, 1.54) is 0 Å². The molecule has 0 spiro atoms. The molecule has 0 unspecified atom stereocenters. The van der Waals surface area contributed by atoms with Gasteiger partial charge in [-0.2, -0.15) is 10.1 Å². The third-order valence-electron chi connectivity index (χ3n) is 5.82. The molecule has 0 bridgehead atoms. The summed E-state index contributed by atoms with van der Waals surface area (Å²) < 4.78 is 7.11. The van der Waals surface area contributed by atoms with Crippen molar-refractivity contribution < 1.29 is 9.63 Å². The van der Waals surface area contributed by atoms with E-state index in [9.17, 15) is 5.11 Å². The first-order valence-electron chi connectivity index (χ1n) is 9.36. The highest BCUT2D eigenvalue weighted by Crippen LogP contribution is 2.42. The average molecular weight is 366 g/mol. The van der Waals surface area contributed by atoms with Crippen LogP contribution >= 0.6 is 0 Å². The second kappa shape index (κ2) is 6.45. The van der Waals surface area contributed by atoms with Crippen molar-refractivity contribution >= 4 is 5.82 Å². The molecular formula is C19H22N6O2. The second-order valence-electron chi connectivity index (χ2n) is 7.57. The van der Waals surface area contributed by atoms with E-state index in [0.29, 0.717) is 23.6 Å². The van der Waals surface area contributed by atoms with Gasteiger partial charge in [0.25, 0.3) is 5.89 Å². The maximum atomic E-state index is 10.6. The Balaban J connectivity index is 1.30. The number of aliphatic hydroxyl groups excluding tert-OH is 1. The van der Waals surface area contributed by atoms with Crippen molar-refractivity contribution in [1.29, 1.82) is 0 Å². The molecule has 27 heavy (non-hydrogen) atoms. The zero-order valence-corrected chi connectivity index (χ0v) is 15.1. The normalized spacial score (nSPS) is 27.7. The molecule has 3 aromatic heterocycles. The zero-order chi connectivity index (χ0) is 18.4. The fraction of sp³-hybridized carbons (Fsp3) is 0.474. The second-order valence-corrected chi connectivity index (χ2v) is 7.57. The number of hydrogen-bond donors (Lipinski definition) is 1. The van der Waals surface area contributed by atoms with Gasteiger partial charge in [0.05, 0.1) is 17.7 Å². The number of aliphatic hydroxyl groups is 1. The van der Waals surface area contributed by atoms with E-state index in [2.05, 4.69) is 25.1 Å². The van der Waals surface area contributed by atoms with Crippen LogP contribution in [0.5, 0.6) is 0 Å². The zero-order valence-electron chi connectivity index (χ0n) is 15.1. The summed E-state index contributed by atoms with van der Waals surface area (Å²) in [6.07, 6.45) is 6.92. The smallest absolute Gasteiger partial charge is 0.259 e. The third-order valence-corrected chi connectivity index (χ3v) is 5.82. The lowest BCUT2D eigenvalue weighted by Crippen LogP contribution is -2.36. The highest BCUT2D eigenvalue weighted by atomic mass is 16.5. The van der Waals surface area contributed by atoms with Gasteiger partial charge < -0.3 is 14.5 Å². The van der Waals surface area contributed by atoms with Crippen LogP contribution < -0.4 is 4.90 Å². The third kappa shape index (κ3) is 2.99. The quantitative estimate of drug-likeness (QED) is 0.758. The molecule has 2 fully saturated rings. The molecule has 5 rings (SSSR count). The first-order valence-corrected chi connectivity index (χ1v) is 9.36. The topological polar surface area (TPSA) is 93.1 Å². The van der Waals surface area contributed by atoms with Gasteiger partial charge in [-0.3, -0.25) is 4.68 Å². The Labute approximate surface area is 156 Å². The predicted molar refractivity (Wildman–Crippen MR) is 98.0 cm³/mol. The molecule has 1 saturated heterocycles. The van der Waals surface area contributed by atoms with Crippen LogP contribution in [-0.2, 0) is 0 Å². The van der Waals surface area contributed by atoms with Gasteiger partial charge in [0, 0.05) is 31.7 Å². The summed E-state index contributed by atoms with van der Waals surface area (Å²) in [5, 5.41) is 18.7. The molecule has 8 heteroatoms. The van der Waals surface area contributed by atoms with Gasteiger partial charge in [0.15, 0.2) is 5.82 Å². The molecular weight excluding hydrogens is 344 g/mol. The number of aryl methyl sites for hydroxylation is 1. The van der Waals surface area contributed by atoms with Crippen LogP contribution in [0, 0.1) is 18.8 Å². The molecule has 4 heterocycles. The van der Waals surface area contributed by atoms with Gasteiger partial charge in [-0.25, -0.2) is 4.98 Å². The summed E-state index contributed by atoms with van der Waals surface area (Å²) in [4.78, 5) is 11.2. The van der Waals surface area contributed by atoms with Crippen molar-refractivity contribution in [1.82, 2.24) is 24.9 Å². The van der Waals surface area contributed by atoms with Crippen LogP contribution in [0.3, 0.4) is 0 Å². The summed E-state index contributed by atoms with van der Waals surface area (Å²) in [7, 11) is 0. The van der Waals surface area contributed by atoms with Crippen LogP contribution in [-0.4, -0.2) is 49.2 Å². The molecule has 8 nitrogen and oxygen atoms in total. The Morgan fingerprint density at radius 3 is 2.70 bits per heavy atom. The average Bonchev–Trinajstić information content (AvgIpc) is 3.41. The van der Waals surface area contributed by atoms with Crippen LogP contribution in [0.15, 0.2) is 41.3 Å². The predicted octanol–water partition coefficient (Wildman–Crippen LogP) is 2.08. The van der Waals surface area contributed by atoms with Crippen molar-refractivity contribution in [2.75, 3.05) is 18.0 Å². The van der Waals surface area contributed by atoms with E-state index < -0.39 is 0 Å². The molecule has 0 aromatic carbocycles. The molecule has 1 aliphatic carbocycles. The highest BCUT2D eigenvalue weighted by molar-refractivity contribution is 5.55. The molecule has 3 aromatic rings. The van der Waals surface area contributed by atoms with Crippen LogP contribution in [0.2, 0.25) is 0 Å². The van der Waals surface area contributed by atoms with Gasteiger partial charge in [-0.15, -0.1) is 0 Å². The number of hydrogen-bond acceptors (Lipinski definition) is 7. The molecule has 140 valence electrons. The number of nitrogens with zero attached hydrogens (tertiary/aromatic N) is 6. The van der Waals surface area contributed by atoms with Crippen molar-refractivity contribution in [2.24, 2.45) is 11.8 Å². The Morgan fingerprint density at radius 1 is 1.19 bits per heavy atom. The standard InChI is InChI=1S/C19H22N6O2/c1-12-22-19(27-23-12)13-3-4-18(20-9-13)24-10-14-7-16(25-6-2-5-21-25)17(26)8-15(14)11-24/h2-6,9,14-17,26H,7-8,10-11H2,1H3/t14-,15+,16-,17-/m1/s1. The summed E-state index contributed by atoms with van der Waals surface area (Å²) in [5.41, 5.74) is 0.824. The first kappa shape index (κ1) is 16.4. The van der Waals surface area contributed by atoms with E-state index in [-0.39, 0.29) is 12.1 Å². The van der Waals surface area contributed by atoms with Crippen molar-refractivity contribution in [3.8, 4) is 11.5 Å². The van der Waals surface area contributed by atoms with E-state index in [0.717, 1.165) is 37.3 Å². The summed E-state index contributed by atoms with van der Waals surface area (Å²) >= 11 is 0. The molecule has 1 aliphatic heterocycles. The first-order chi connectivity index (χ1) is 13.2. The maximum Gasteiger partial charge on any atom is 0.259 e. The van der Waals surface area contributed by atoms with Crippen molar-refractivity contribution in [2.45, 2.75) is 31.9 Å². The molecule has 4 atom stereocenters. The van der Waals surface area contributed by atoms with Crippen molar-refractivity contribution in [3.63, 3.8) is 0 Å². The number of rotatable bonds is 3. The van der Waals surface area contributed by atoms with E-state index in [1.54, 1.807) is 19.3 Å². The van der Waals surface area contributed by atoms with Gasteiger partial charge in [0.2, 0.25) is 0 Å². The summed E-state index contributed by atoms with van der Waals surface area (Å²) in [6, 6.07) is 5.96. The lowest BCUT2D eigenvalue weighted by molar-refractivity contribution is 0.0306. The maximum absolute atomic E-state index is 10.6. The molecule has 0 radical (unpaired) electrons. The fourth-order valence-corrected chi connectivity index (χ4v) is 4.47. The fourth-order valence-electron chi connectivity index (χ4n) is 4.47. The lowest BCUT2D eigenvalue weighted by atomic mass is 9.77. The van der Waals surface area contributed by atoms with E-state index in [4.69, 9.17) is 4.52 Å². The molecule has 2 aliphatic rings. The number of anilines is 1. The Bertz CT molecular complexity index is 907.